The van der Waals surface area contributed by atoms with Crippen LogP contribution in [0.2, 0.25) is 0 Å². The van der Waals surface area contributed by atoms with Gasteiger partial charge in [-0.3, -0.25) is 4.79 Å². The Balaban J connectivity index is 2.30. The highest BCUT2D eigenvalue weighted by Crippen LogP contribution is 2.27. The van der Waals surface area contributed by atoms with Gasteiger partial charge in [0, 0.05) is 16.0 Å². The van der Waals surface area contributed by atoms with Crippen LogP contribution in [0.1, 0.15) is 13.3 Å². The highest BCUT2D eigenvalue weighted by Gasteiger charge is 2.03. The Hall–Kier alpha value is -0.800. The number of fused-ring (bicyclic) bond motifs is 1. The summed E-state index contributed by atoms with van der Waals surface area (Å²) in [5.74, 6) is 0. The number of thiophene rings is 1. The maximum Gasteiger partial charge on any atom is 0.193 e. The molecule has 0 aliphatic carbocycles. The van der Waals surface area contributed by atoms with Crippen LogP contribution < -0.4 is 0 Å². The molecule has 1 aromatic heterocycles. The van der Waals surface area contributed by atoms with Crippen molar-refractivity contribution in [3.63, 3.8) is 0 Å². The second-order valence-electron chi connectivity index (χ2n) is 2.95. The Bertz CT molecular complexity index is 459. The van der Waals surface area contributed by atoms with Crippen molar-refractivity contribution < 1.29 is 4.79 Å². The Labute approximate surface area is 91.1 Å². The second kappa shape index (κ2) is 4.15. The molecular formula is C11H10OS2. The number of hydrogen-bond donors (Lipinski definition) is 0. The van der Waals surface area contributed by atoms with Gasteiger partial charge < -0.3 is 0 Å². The van der Waals surface area contributed by atoms with E-state index in [1.807, 2.05) is 13.0 Å². The van der Waals surface area contributed by atoms with Gasteiger partial charge in [-0.15, -0.1) is 11.3 Å². The van der Waals surface area contributed by atoms with Crippen LogP contribution in [-0.2, 0) is 4.79 Å². The van der Waals surface area contributed by atoms with E-state index in [4.69, 9.17) is 0 Å². The average Bonchev–Trinajstić information content (AvgIpc) is 2.64. The third-order valence-electron chi connectivity index (χ3n) is 1.94. The monoisotopic (exact) mass is 222 g/mol. The minimum Gasteiger partial charge on any atom is -0.287 e. The zero-order chi connectivity index (χ0) is 9.97. The molecule has 0 amide bonds. The lowest BCUT2D eigenvalue weighted by atomic mass is 10.3. The topological polar surface area (TPSA) is 17.1 Å². The van der Waals surface area contributed by atoms with Crippen LogP contribution in [0.4, 0.5) is 0 Å². The molecule has 0 fully saturated rings. The second-order valence-corrected chi connectivity index (χ2v) is 5.03. The van der Waals surface area contributed by atoms with E-state index in [-0.39, 0.29) is 5.12 Å². The van der Waals surface area contributed by atoms with Gasteiger partial charge in [0.1, 0.15) is 0 Å². The van der Waals surface area contributed by atoms with Crippen LogP contribution in [0.25, 0.3) is 10.1 Å². The highest BCUT2D eigenvalue weighted by atomic mass is 32.2. The van der Waals surface area contributed by atoms with Crippen LogP contribution in [0.15, 0.2) is 34.5 Å². The predicted octanol–water partition coefficient (Wildman–Crippen LogP) is 3.93. The summed E-state index contributed by atoms with van der Waals surface area (Å²) in [4.78, 5) is 12.3. The number of thioether (sulfide) groups is 1. The fourth-order valence-electron chi connectivity index (χ4n) is 1.21. The van der Waals surface area contributed by atoms with E-state index in [1.54, 1.807) is 11.3 Å². The molecule has 0 saturated carbocycles. The Morgan fingerprint density at radius 1 is 1.43 bits per heavy atom. The summed E-state index contributed by atoms with van der Waals surface area (Å²) < 4.78 is 1.28. The van der Waals surface area contributed by atoms with E-state index >= 15 is 0 Å². The minimum absolute atomic E-state index is 0.222. The van der Waals surface area contributed by atoms with Crippen LogP contribution in [0.3, 0.4) is 0 Å². The molecular weight excluding hydrogens is 212 g/mol. The predicted molar refractivity (Wildman–Crippen MR) is 63.0 cm³/mol. The number of hydrogen-bond acceptors (Lipinski definition) is 3. The maximum atomic E-state index is 11.2. The lowest BCUT2D eigenvalue weighted by Crippen LogP contribution is -1.85. The molecule has 2 aromatic rings. The molecule has 1 aromatic carbocycles. The summed E-state index contributed by atoms with van der Waals surface area (Å²) in [5.41, 5.74) is 0. The molecule has 0 bridgehead atoms. The normalized spacial score (nSPS) is 10.6. The van der Waals surface area contributed by atoms with Gasteiger partial charge in [0.2, 0.25) is 0 Å². The summed E-state index contributed by atoms with van der Waals surface area (Å²) >= 11 is 3.05. The number of carbonyl (C=O) groups excluding carboxylic acids is 1. The van der Waals surface area contributed by atoms with Gasteiger partial charge in [0.25, 0.3) is 0 Å². The molecule has 0 atom stereocenters. The smallest absolute Gasteiger partial charge is 0.193 e. The standard InChI is InChI=1S/C11H10OS2/c1-2-11(12)14-9-3-4-10-8(7-9)5-6-13-10/h3-7H,2H2,1H3. The molecule has 0 radical (unpaired) electrons. The van der Waals surface area contributed by atoms with E-state index in [1.165, 1.54) is 21.8 Å². The first-order valence-electron chi connectivity index (χ1n) is 4.47. The zero-order valence-corrected chi connectivity index (χ0v) is 9.45. The van der Waals surface area contributed by atoms with Crippen LogP contribution >= 0.6 is 23.1 Å². The van der Waals surface area contributed by atoms with Gasteiger partial charge >= 0.3 is 0 Å². The van der Waals surface area contributed by atoms with Crippen molar-refractivity contribution in [3.8, 4) is 0 Å². The summed E-state index contributed by atoms with van der Waals surface area (Å²) in [6, 6.07) is 8.24. The SMILES string of the molecule is CCC(=O)Sc1ccc2sccc2c1. The quantitative estimate of drug-likeness (QED) is 0.716. The van der Waals surface area contributed by atoms with Crippen molar-refractivity contribution in [2.24, 2.45) is 0 Å². The van der Waals surface area contributed by atoms with Crippen LogP contribution in [0.5, 0.6) is 0 Å². The lowest BCUT2D eigenvalue weighted by Gasteiger charge is -1.98. The molecule has 1 nitrogen and oxygen atoms in total. The minimum atomic E-state index is 0.222. The molecule has 0 aliphatic heterocycles. The van der Waals surface area contributed by atoms with E-state index in [9.17, 15) is 4.79 Å². The molecule has 0 spiro atoms. The molecule has 2 rings (SSSR count). The first-order valence-corrected chi connectivity index (χ1v) is 6.17. The van der Waals surface area contributed by atoms with Crippen molar-refractivity contribution in [3.05, 3.63) is 29.6 Å². The molecule has 0 saturated heterocycles. The zero-order valence-electron chi connectivity index (χ0n) is 7.82. The number of carbonyl (C=O) groups is 1. The molecule has 14 heavy (non-hydrogen) atoms. The fraction of sp³-hybridized carbons (Fsp3) is 0.182. The highest BCUT2D eigenvalue weighted by molar-refractivity contribution is 8.13. The molecule has 0 unspecified atom stereocenters. The van der Waals surface area contributed by atoms with Gasteiger partial charge in [-0.25, -0.2) is 0 Å². The van der Waals surface area contributed by atoms with E-state index in [0.717, 1.165) is 4.90 Å². The van der Waals surface area contributed by atoms with E-state index in [2.05, 4.69) is 23.6 Å². The third kappa shape index (κ3) is 1.99. The maximum absolute atomic E-state index is 11.2. The number of benzene rings is 1. The molecule has 3 heteroatoms. The Morgan fingerprint density at radius 3 is 3.07 bits per heavy atom. The summed E-state index contributed by atoms with van der Waals surface area (Å²) in [6.45, 7) is 1.89. The average molecular weight is 222 g/mol. The summed E-state index contributed by atoms with van der Waals surface area (Å²) in [7, 11) is 0. The van der Waals surface area contributed by atoms with Gasteiger partial charge in [0.15, 0.2) is 5.12 Å². The van der Waals surface area contributed by atoms with Crippen molar-refractivity contribution in [2.45, 2.75) is 18.2 Å². The first-order chi connectivity index (χ1) is 6.79. The van der Waals surface area contributed by atoms with Crippen molar-refractivity contribution in [1.29, 1.82) is 0 Å². The fourth-order valence-corrected chi connectivity index (χ4v) is 2.71. The van der Waals surface area contributed by atoms with E-state index < -0.39 is 0 Å². The van der Waals surface area contributed by atoms with Crippen molar-refractivity contribution >= 4 is 38.3 Å². The summed E-state index contributed by atoms with van der Waals surface area (Å²) in [5, 5.41) is 3.52. The van der Waals surface area contributed by atoms with Gasteiger partial charge in [-0.1, -0.05) is 18.7 Å². The van der Waals surface area contributed by atoms with Gasteiger partial charge in [-0.05, 0) is 35.0 Å². The Kier molecular flexibility index (Phi) is 2.89. The molecule has 72 valence electrons. The lowest BCUT2D eigenvalue weighted by molar-refractivity contribution is -0.110. The van der Waals surface area contributed by atoms with E-state index in [0.29, 0.717) is 6.42 Å². The van der Waals surface area contributed by atoms with Crippen LogP contribution in [-0.4, -0.2) is 5.12 Å². The van der Waals surface area contributed by atoms with Gasteiger partial charge in [-0.2, -0.15) is 0 Å². The van der Waals surface area contributed by atoms with Crippen molar-refractivity contribution in [1.82, 2.24) is 0 Å². The Morgan fingerprint density at radius 2 is 2.29 bits per heavy atom. The molecule has 0 aliphatic rings. The summed E-state index contributed by atoms with van der Waals surface area (Å²) in [6.07, 6.45) is 0.590. The van der Waals surface area contributed by atoms with Gasteiger partial charge in [0.05, 0.1) is 0 Å². The molecule has 1 heterocycles. The molecule has 0 N–H and O–H groups in total. The largest absolute Gasteiger partial charge is 0.287 e. The van der Waals surface area contributed by atoms with Crippen molar-refractivity contribution in [2.75, 3.05) is 0 Å². The van der Waals surface area contributed by atoms with Crippen LogP contribution in [0, 0.1) is 0 Å². The third-order valence-corrected chi connectivity index (χ3v) is 3.85. The first kappa shape index (κ1) is 9.74. The number of rotatable bonds is 2.